The van der Waals surface area contributed by atoms with Crippen LogP contribution in [0.3, 0.4) is 0 Å². The molecule has 29 heavy (non-hydrogen) atoms. The Bertz CT molecular complexity index is 1190. The van der Waals surface area contributed by atoms with E-state index in [1.165, 1.54) is 11.2 Å². The Labute approximate surface area is 164 Å². The molecule has 0 aliphatic carbocycles. The lowest BCUT2D eigenvalue weighted by Gasteiger charge is -2.23. The summed E-state index contributed by atoms with van der Waals surface area (Å²) >= 11 is 0. The number of hydrazine groups is 1. The summed E-state index contributed by atoms with van der Waals surface area (Å²) in [4.78, 5) is 43.2. The van der Waals surface area contributed by atoms with Crippen molar-refractivity contribution in [1.29, 1.82) is 0 Å². The van der Waals surface area contributed by atoms with E-state index in [4.69, 9.17) is 5.73 Å². The van der Waals surface area contributed by atoms with Crippen LogP contribution in [0.5, 0.6) is 0 Å². The van der Waals surface area contributed by atoms with Crippen LogP contribution in [0.15, 0.2) is 59.7 Å². The van der Waals surface area contributed by atoms with Crippen molar-refractivity contribution in [3.05, 3.63) is 82.2 Å². The van der Waals surface area contributed by atoms with Gasteiger partial charge in [-0.05, 0) is 17.7 Å². The number of carbonyl (C=O) groups excluding carboxylic acids is 1. The number of nitrogens with two attached hydrogens (primary N) is 1. The third-order valence-corrected chi connectivity index (χ3v) is 4.19. The minimum atomic E-state index is -0.411. The van der Waals surface area contributed by atoms with Crippen molar-refractivity contribution in [2.24, 2.45) is 5.73 Å². The van der Waals surface area contributed by atoms with Gasteiger partial charge in [-0.25, -0.2) is 9.99 Å². The Morgan fingerprint density at radius 3 is 2.66 bits per heavy atom. The largest absolute Gasteiger partial charge is 0.335 e. The van der Waals surface area contributed by atoms with Gasteiger partial charge in [0.1, 0.15) is 5.82 Å². The summed E-state index contributed by atoms with van der Waals surface area (Å²) in [5.41, 5.74) is 9.68. The number of aromatic nitrogens is 5. The average molecular weight is 390 g/mol. The van der Waals surface area contributed by atoms with Gasteiger partial charge in [0.05, 0.1) is 18.7 Å². The maximum Gasteiger partial charge on any atom is 0.278 e. The Kier molecular flexibility index (Phi) is 4.99. The van der Waals surface area contributed by atoms with Crippen molar-refractivity contribution in [2.75, 3.05) is 5.01 Å². The summed E-state index contributed by atoms with van der Waals surface area (Å²) < 4.78 is 0. The molecule has 1 amide bonds. The SMILES string of the molecule is NCc1nc2nc(N(Cc3ccccc3)NC(=O)c3cccnc3)[nH]c(=O)c2[nH]1. The number of anilines is 1. The van der Waals surface area contributed by atoms with Crippen molar-refractivity contribution in [1.82, 2.24) is 30.3 Å². The Hall–Kier alpha value is -4.05. The van der Waals surface area contributed by atoms with Crippen molar-refractivity contribution >= 4 is 23.0 Å². The standard InChI is InChI=1S/C19H18N8O2/c20-9-14-22-15-16(23-14)24-19(25-18(15)29)27(11-12-5-2-1-3-6-12)26-17(28)13-7-4-8-21-10-13/h1-8,10H,9,11,20H2,(H,26,28)(H2,22,23,24,25,29). The first-order chi connectivity index (χ1) is 14.1. The smallest absolute Gasteiger partial charge is 0.278 e. The van der Waals surface area contributed by atoms with Crippen LogP contribution < -0.4 is 21.7 Å². The van der Waals surface area contributed by atoms with E-state index < -0.39 is 5.56 Å². The van der Waals surface area contributed by atoms with Crippen LogP contribution in [0.1, 0.15) is 21.7 Å². The van der Waals surface area contributed by atoms with E-state index in [1.54, 1.807) is 18.3 Å². The van der Waals surface area contributed by atoms with Gasteiger partial charge in [0.2, 0.25) is 5.95 Å². The van der Waals surface area contributed by atoms with Gasteiger partial charge in [-0.1, -0.05) is 30.3 Å². The van der Waals surface area contributed by atoms with Crippen LogP contribution in [-0.4, -0.2) is 30.8 Å². The molecular weight excluding hydrogens is 372 g/mol. The van der Waals surface area contributed by atoms with Crippen LogP contribution in [-0.2, 0) is 13.1 Å². The Morgan fingerprint density at radius 2 is 1.93 bits per heavy atom. The molecule has 5 N–H and O–H groups in total. The first-order valence-electron chi connectivity index (χ1n) is 8.85. The maximum absolute atomic E-state index is 12.7. The molecule has 0 saturated carbocycles. The zero-order valence-electron chi connectivity index (χ0n) is 15.3. The molecule has 0 bridgehead atoms. The molecular formula is C19H18N8O2. The number of carbonyl (C=O) groups is 1. The van der Waals surface area contributed by atoms with E-state index in [0.717, 1.165) is 5.56 Å². The number of hydrogen-bond donors (Lipinski definition) is 4. The molecule has 4 rings (SSSR count). The van der Waals surface area contributed by atoms with E-state index in [9.17, 15) is 9.59 Å². The van der Waals surface area contributed by atoms with Crippen LogP contribution in [0.4, 0.5) is 5.95 Å². The van der Waals surface area contributed by atoms with Crippen molar-refractivity contribution < 1.29 is 4.79 Å². The molecule has 0 saturated heterocycles. The van der Waals surface area contributed by atoms with Gasteiger partial charge in [-0.2, -0.15) is 4.98 Å². The summed E-state index contributed by atoms with van der Waals surface area (Å²) in [6, 6.07) is 12.8. The highest BCUT2D eigenvalue weighted by Gasteiger charge is 2.18. The summed E-state index contributed by atoms with van der Waals surface area (Å²) in [6.07, 6.45) is 3.04. The quantitative estimate of drug-likeness (QED) is 0.357. The van der Waals surface area contributed by atoms with Gasteiger partial charge in [0.15, 0.2) is 11.2 Å². The molecule has 0 spiro atoms. The summed E-state index contributed by atoms with van der Waals surface area (Å²) in [5, 5.41) is 1.46. The number of nitrogens with zero attached hydrogens (tertiary/aromatic N) is 4. The number of hydrogen-bond acceptors (Lipinski definition) is 7. The van der Waals surface area contributed by atoms with Gasteiger partial charge < -0.3 is 10.7 Å². The normalized spacial score (nSPS) is 10.8. The summed E-state index contributed by atoms with van der Waals surface area (Å²) in [7, 11) is 0. The van der Waals surface area contributed by atoms with E-state index in [2.05, 4.69) is 30.3 Å². The van der Waals surface area contributed by atoms with Crippen molar-refractivity contribution in [2.45, 2.75) is 13.1 Å². The topological polar surface area (TPSA) is 146 Å². The number of aromatic amines is 2. The molecule has 0 radical (unpaired) electrons. The van der Waals surface area contributed by atoms with Crippen LogP contribution in [0.2, 0.25) is 0 Å². The monoisotopic (exact) mass is 390 g/mol. The lowest BCUT2D eigenvalue weighted by molar-refractivity contribution is 0.0947. The molecule has 0 aliphatic heterocycles. The zero-order valence-corrected chi connectivity index (χ0v) is 15.3. The average Bonchev–Trinajstić information content (AvgIpc) is 3.18. The number of pyridine rings is 1. The number of rotatable bonds is 6. The summed E-state index contributed by atoms with van der Waals surface area (Å²) in [5.74, 6) is 0.212. The maximum atomic E-state index is 12.7. The molecule has 0 aliphatic rings. The molecule has 10 nitrogen and oxygen atoms in total. The molecule has 146 valence electrons. The van der Waals surface area contributed by atoms with Crippen LogP contribution in [0.25, 0.3) is 11.2 Å². The molecule has 0 fully saturated rings. The zero-order chi connectivity index (χ0) is 20.2. The molecule has 3 aromatic heterocycles. The fourth-order valence-corrected chi connectivity index (χ4v) is 2.79. The number of benzene rings is 1. The fourth-order valence-electron chi connectivity index (χ4n) is 2.79. The number of amides is 1. The third kappa shape index (κ3) is 3.96. The second-order valence-corrected chi connectivity index (χ2v) is 6.23. The van der Waals surface area contributed by atoms with Gasteiger partial charge >= 0.3 is 0 Å². The lowest BCUT2D eigenvalue weighted by atomic mass is 10.2. The number of nitrogens with one attached hydrogen (secondary N) is 3. The Morgan fingerprint density at radius 1 is 1.10 bits per heavy atom. The third-order valence-electron chi connectivity index (χ3n) is 4.19. The van der Waals surface area contributed by atoms with Crippen molar-refractivity contribution in [3.63, 3.8) is 0 Å². The van der Waals surface area contributed by atoms with Gasteiger partial charge in [-0.3, -0.25) is 25.0 Å². The predicted molar refractivity (Wildman–Crippen MR) is 107 cm³/mol. The molecule has 3 heterocycles. The highest BCUT2D eigenvalue weighted by Crippen LogP contribution is 2.13. The van der Waals surface area contributed by atoms with Crippen molar-refractivity contribution in [3.8, 4) is 0 Å². The summed E-state index contributed by atoms with van der Waals surface area (Å²) in [6.45, 7) is 0.423. The minimum absolute atomic E-state index is 0.149. The molecule has 1 aromatic carbocycles. The van der Waals surface area contributed by atoms with E-state index in [1.807, 2.05) is 30.3 Å². The second-order valence-electron chi connectivity index (χ2n) is 6.23. The number of imidazole rings is 1. The second kappa shape index (κ2) is 7.90. The number of H-pyrrole nitrogens is 2. The highest BCUT2D eigenvalue weighted by molar-refractivity contribution is 5.94. The van der Waals surface area contributed by atoms with Crippen LogP contribution >= 0.6 is 0 Å². The predicted octanol–water partition coefficient (Wildman–Crippen LogP) is 0.852. The Balaban J connectivity index is 1.72. The number of fused-ring (bicyclic) bond motifs is 1. The first kappa shape index (κ1) is 18.3. The minimum Gasteiger partial charge on any atom is -0.335 e. The molecule has 10 heteroatoms. The van der Waals surface area contributed by atoms with Gasteiger partial charge in [0.25, 0.3) is 11.5 Å². The molecule has 0 unspecified atom stereocenters. The highest BCUT2D eigenvalue weighted by atomic mass is 16.2. The van der Waals surface area contributed by atoms with Crippen LogP contribution in [0, 0.1) is 0 Å². The van der Waals surface area contributed by atoms with E-state index in [-0.39, 0.29) is 36.1 Å². The van der Waals surface area contributed by atoms with E-state index >= 15 is 0 Å². The fraction of sp³-hybridized carbons (Fsp3) is 0.105. The van der Waals surface area contributed by atoms with Gasteiger partial charge in [0, 0.05) is 12.4 Å². The molecule has 0 atom stereocenters. The first-order valence-corrected chi connectivity index (χ1v) is 8.85. The molecule has 4 aromatic rings. The van der Waals surface area contributed by atoms with Gasteiger partial charge in [-0.15, -0.1) is 0 Å². The lowest BCUT2D eigenvalue weighted by Crippen LogP contribution is -2.43. The van der Waals surface area contributed by atoms with E-state index in [0.29, 0.717) is 11.4 Å².